The minimum Gasteiger partial charge on any atom is -0.509 e. The van der Waals surface area contributed by atoms with Crippen LogP contribution < -0.4 is 26.6 Å². The molecule has 2 aliphatic rings. The van der Waals surface area contributed by atoms with Gasteiger partial charge in [-0.05, 0) is 44.0 Å². The number of nitrogens with two attached hydrogens (primary N) is 2. The number of carbonyl (C=O) groups is 2. The third-order valence-electron chi connectivity index (χ3n) is 6.75. The third-order valence-corrected chi connectivity index (χ3v) is 8.34. The largest absolute Gasteiger partial charge is 0.509 e. The topological polar surface area (TPSA) is 151 Å². The molecule has 0 bridgehead atoms. The Bertz CT molecular complexity index is 1450. The molecule has 10 nitrogen and oxygen atoms in total. The lowest BCUT2D eigenvalue weighted by atomic mass is 9.91. The van der Waals surface area contributed by atoms with Crippen molar-refractivity contribution in [1.82, 2.24) is 9.97 Å². The van der Waals surface area contributed by atoms with Gasteiger partial charge in [-0.15, -0.1) is 0 Å². The Morgan fingerprint density at radius 1 is 1.15 bits per heavy atom. The number of nitrogen functional groups attached to an aromatic ring is 1. The number of aliphatic hydroxyl groups excluding tert-OH is 1. The SMILES string of the molecule is CC1(N)CCN(c2cnc(Sc3cccc(NC(=O)C4=C(O)CN(c5ccccc5)C4=O)c3Cl)c(N)n2)CC1. The second-order valence-electron chi connectivity index (χ2n) is 9.78. The van der Waals surface area contributed by atoms with E-state index in [1.165, 1.54) is 16.7 Å². The Labute approximate surface area is 235 Å². The van der Waals surface area contributed by atoms with Crippen LogP contribution in [0.1, 0.15) is 19.8 Å². The number of benzene rings is 2. The summed E-state index contributed by atoms with van der Waals surface area (Å²) in [6.45, 7) is 3.51. The smallest absolute Gasteiger partial charge is 0.267 e. The first kappa shape index (κ1) is 26.8. The van der Waals surface area contributed by atoms with Gasteiger partial charge in [0.05, 0.1) is 23.5 Å². The van der Waals surface area contributed by atoms with Gasteiger partial charge in [-0.2, -0.15) is 0 Å². The van der Waals surface area contributed by atoms with Crippen molar-refractivity contribution >= 4 is 58.2 Å². The van der Waals surface area contributed by atoms with Crippen molar-refractivity contribution in [2.45, 2.75) is 35.2 Å². The summed E-state index contributed by atoms with van der Waals surface area (Å²) in [5.74, 6) is -0.699. The number of piperidine rings is 1. The molecule has 2 aliphatic heterocycles. The van der Waals surface area contributed by atoms with Crippen LogP contribution in [0.3, 0.4) is 0 Å². The quantitative estimate of drug-likeness (QED) is 0.325. The fourth-order valence-corrected chi connectivity index (χ4v) is 5.54. The summed E-state index contributed by atoms with van der Waals surface area (Å²) in [5, 5.41) is 13.8. The summed E-state index contributed by atoms with van der Waals surface area (Å²) in [6.07, 6.45) is 3.38. The number of nitrogens with zero attached hydrogens (tertiary/aromatic N) is 4. The number of rotatable bonds is 6. The van der Waals surface area contributed by atoms with Gasteiger partial charge in [0, 0.05) is 29.2 Å². The minimum atomic E-state index is -0.751. The zero-order chi connectivity index (χ0) is 27.7. The number of nitrogens with one attached hydrogen (secondary N) is 1. The Morgan fingerprint density at radius 2 is 1.87 bits per heavy atom. The third kappa shape index (κ3) is 5.65. The number of aliphatic hydroxyl groups is 1. The first-order valence-electron chi connectivity index (χ1n) is 12.4. The van der Waals surface area contributed by atoms with Crippen LogP contribution in [0.15, 0.2) is 76.0 Å². The van der Waals surface area contributed by atoms with E-state index in [1.54, 1.807) is 48.7 Å². The standard InChI is InChI=1S/C27H28ClN7O3S/c1-27(30)10-12-34(13-11-27)20-14-31-25(23(29)33-20)39-19-9-5-8-17(22(19)28)32-24(37)21-18(36)15-35(26(21)38)16-6-3-2-4-7-16/h2-9,14,36H,10-13,15,30H2,1H3,(H2,29,33)(H,32,37). The molecule has 202 valence electrons. The molecule has 3 aromatic rings. The van der Waals surface area contributed by atoms with E-state index in [0.29, 0.717) is 21.4 Å². The van der Waals surface area contributed by atoms with E-state index in [0.717, 1.165) is 25.9 Å². The number of para-hydroxylation sites is 1. The Balaban J connectivity index is 1.29. The maximum atomic E-state index is 13.0. The molecule has 0 atom stereocenters. The van der Waals surface area contributed by atoms with Gasteiger partial charge in [0.1, 0.15) is 22.2 Å². The van der Waals surface area contributed by atoms with Crippen molar-refractivity contribution in [2.75, 3.05) is 40.5 Å². The minimum absolute atomic E-state index is 0.0911. The second-order valence-corrected chi connectivity index (χ2v) is 11.2. The molecule has 2 aromatic carbocycles. The van der Waals surface area contributed by atoms with E-state index in [2.05, 4.69) is 27.1 Å². The number of hydrogen-bond acceptors (Lipinski definition) is 9. The normalized spacial score (nSPS) is 17.1. The van der Waals surface area contributed by atoms with Gasteiger partial charge in [-0.3, -0.25) is 9.59 Å². The summed E-state index contributed by atoms with van der Waals surface area (Å²) < 4.78 is 0. The molecular formula is C27H28ClN7O3S. The Kier molecular flexibility index (Phi) is 7.39. The van der Waals surface area contributed by atoms with Crippen LogP contribution in [0, 0.1) is 0 Å². The van der Waals surface area contributed by atoms with Gasteiger partial charge in [0.25, 0.3) is 11.8 Å². The highest BCUT2D eigenvalue weighted by atomic mass is 35.5. The zero-order valence-electron chi connectivity index (χ0n) is 21.2. The van der Waals surface area contributed by atoms with Crippen LogP contribution in [0.5, 0.6) is 0 Å². The molecule has 6 N–H and O–H groups in total. The summed E-state index contributed by atoms with van der Waals surface area (Å²) in [5.41, 5.74) is 12.8. The maximum Gasteiger partial charge on any atom is 0.267 e. The molecule has 0 radical (unpaired) electrons. The molecule has 12 heteroatoms. The zero-order valence-corrected chi connectivity index (χ0v) is 22.8. The monoisotopic (exact) mass is 565 g/mol. The summed E-state index contributed by atoms with van der Waals surface area (Å²) >= 11 is 7.83. The number of amides is 2. The van der Waals surface area contributed by atoms with E-state index in [9.17, 15) is 14.7 Å². The molecule has 0 aliphatic carbocycles. The van der Waals surface area contributed by atoms with Gasteiger partial charge in [-0.1, -0.05) is 47.6 Å². The molecule has 1 aromatic heterocycles. The lowest BCUT2D eigenvalue weighted by Crippen LogP contribution is -2.48. The average molecular weight is 566 g/mol. The first-order chi connectivity index (χ1) is 18.6. The molecule has 3 heterocycles. The molecule has 1 saturated heterocycles. The summed E-state index contributed by atoms with van der Waals surface area (Å²) in [4.78, 5) is 39.0. The lowest BCUT2D eigenvalue weighted by Gasteiger charge is -2.37. The molecule has 0 saturated carbocycles. The van der Waals surface area contributed by atoms with Gasteiger partial charge < -0.3 is 31.7 Å². The van der Waals surface area contributed by atoms with E-state index in [1.807, 2.05) is 6.07 Å². The van der Waals surface area contributed by atoms with Crippen LogP contribution in [-0.4, -0.2) is 52.1 Å². The highest BCUT2D eigenvalue weighted by Gasteiger charge is 2.36. The highest BCUT2D eigenvalue weighted by Crippen LogP contribution is 2.39. The molecule has 1 fully saturated rings. The van der Waals surface area contributed by atoms with Crippen LogP contribution in [-0.2, 0) is 9.59 Å². The van der Waals surface area contributed by atoms with Gasteiger partial charge in [0.2, 0.25) is 0 Å². The molecule has 0 unspecified atom stereocenters. The lowest BCUT2D eigenvalue weighted by molar-refractivity contribution is -0.119. The first-order valence-corrected chi connectivity index (χ1v) is 13.6. The summed E-state index contributed by atoms with van der Waals surface area (Å²) in [6, 6.07) is 13.9. The predicted molar refractivity (Wildman–Crippen MR) is 153 cm³/mol. The second kappa shape index (κ2) is 10.8. The fourth-order valence-electron chi connectivity index (χ4n) is 4.44. The van der Waals surface area contributed by atoms with E-state index >= 15 is 0 Å². The van der Waals surface area contributed by atoms with Crippen molar-refractivity contribution < 1.29 is 14.7 Å². The highest BCUT2D eigenvalue weighted by molar-refractivity contribution is 7.99. The van der Waals surface area contributed by atoms with E-state index in [4.69, 9.17) is 23.1 Å². The Hall–Kier alpha value is -3.80. The van der Waals surface area contributed by atoms with E-state index in [-0.39, 0.29) is 39.9 Å². The maximum absolute atomic E-state index is 13.0. The average Bonchev–Trinajstić information content (AvgIpc) is 3.21. The van der Waals surface area contributed by atoms with Crippen molar-refractivity contribution in [3.8, 4) is 0 Å². The fraction of sp³-hybridized carbons (Fsp3) is 0.259. The summed E-state index contributed by atoms with van der Waals surface area (Å²) in [7, 11) is 0. The van der Waals surface area contributed by atoms with Crippen LogP contribution in [0.4, 0.5) is 23.0 Å². The van der Waals surface area contributed by atoms with Crippen LogP contribution in [0.25, 0.3) is 0 Å². The van der Waals surface area contributed by atoms with Gasteiger partial charge >= 0.3 is 0 Å². The number of carbonyl (C=O) groups excluding carboxylic acids is 2. The Morgan fingerprint density at radius 3 is 2.56 bits per heavy atom. The van der Waals surface area contributed by atoms with Crippen LogP contribution >= 0.6 is 23.4 Å². The number of aromatic nitrogens is 2. The predicted octanol–water partition coefficient (Wildman–Crippen LogP) is 3.98. The molecular weight excluding hydrogens is 538 g/mol. The molecule has 5 rings (SSSR count). The van der Waals surface area contributed by atoms with Crippen LogP contribution in [0.2, 0.25) is 5.02 Å². The van der Waals surface area contributed by atoms with Crippen molar-refractivity contribution in [2.24, 2.45) is 5.73 Å². The molecule has 2 amide bonds. The van der Waals surface area contributed by atoms with Gasteiger partial charge in [0.15, 0.2) is 5.82 Å². The van der Waals surface area contributed by atoms with Crippen molar-refractivity contribution in [3.63, 3.8) is 0 Å². The number of halogens is 1. The number of hydrogen-bond donors (Lipinski definition) is 4. The van der Waals surface area contributed by atoms with Gasteiger partial charge in [-0.25, -0.2) is 9.97 Å². The van der Waals surface area contributed by atoms with E-state index < -0.39 is 11.8 Å². The van der Waals surface area contributed by atoms with Crippen molar-refractivity contribution in [3.05, 3.63) is 71.1 Å². The van der Waals surface area contributed by atoms with Crippen molar-refractivity contribution in [1.29, 1.82) is 0 Å². The molecule has 39 heavy (non-hydrogen) atoms. The molecule has 0 spiro atoms. The number of anilines is 4.